The second kappa shape index (κ2) is 6.21. The summed E-state index contributed by atoms with van der Waals surface area (Å²) in [5.74, 6) is 0.0480. The average molecular weight is 231 g/mol. The number of hydrogen-bond donors (Lipinski definition) is 1. The molecule has 0 fully saturated rings. The maximum Gasteiger partial charge on any atom is 0.220 e. The van der Waals surface area contributed by atoms with E-state index in [1.807, 2.05) is 27.7 Å². The third-order valence-corrected chi connectivity index (χ3v) is 2.29. The first kappa shape index (κ1) is 15.4. The Morgan fingerprint density at radius 1 is 1.19 bits per heavy atom. The molecule has 0 aliphatic heterocycles. The summed E-state index contributed by atoms with van der Waals surface area (Å²) in [6.07, 6.45) is 0.514. The number of rotatable bonds is 6. The van der Waals surface area contributed by atoms with E-state index in [1.54, 1.807) is 14.2 Å². The van der Waals surface area contributed by atoms with Crippen LogP contribution in [0.25, 0.3) is 0 Å². The van der Waals surface area contributed by atoms with Crippen molar-refractivity contribution in [3.8, 4) is 0 Å². The van der Waals surface area contributed by atoms with Crippen LogP contribution in [0.2, 0.25) is 0 Å². The van der Waals surface area contributed by atoms with Gasteiger partial charge in [0.2, 0.25) is 5.91 Å². The zero-order valence-electron chi connectivity index (χ0n) is 11.3. The molecule has 4 nitrogen and oxygen atoms in total. The molecule has 0 bridgehead atoms. The summed E-state index contributed by atoms with van der Waals surface area (Å²) < 4.78 is 10.4. The van der Waals surface area contributed by atoms with Gasteiger partial charge in [-0.25, -0.2) is 0 Å². The molecule has 0 rings (SSSR count). The fourth-order valence-corrected chi connectivity index (χ4v) is 1.32. The average Bonchev–Trinajstić information content (AvgIpc) is 2.13. The highest BCUT2D eigenvalue weighted by Crippen LogP contribution is 2.18. The molecule has 16 heavy (non-hydrogen) atoms. The minimum atomic E-state index is -0.456. The van der Waals surface area contributed by atoms with Crippen molar-refractivity contribution >= 4 is 5.91 Å². The van der Waals surface area contributed by atoms with Gasteiger partial charge in [0.15, 0.2) is 0 Å². The monoisotopic (exact) mass is 231 g/mol. The number of amides is 1. The Labute approximate surface area is 98.7 Å². The molecule has 0 aliphatic carbocycles. The highest BCUT2D eigenvalue weighted by atomic mass is 16.5. The highest BCUT2D eigenvalue weighted by Gasteiger charge is 2.25. The van der Waals surface area contributed by atoms with Crippen LogP contribution in [0.3, 0.4) is 0 Å². The summed E-state index contributed by atoms with van der Waals surface area (Å²) in [5.41, 5.74) is -0.447. The minimum absolute atomic E-state index is 0.00874. The summed E-state index contributed by atoms with van der Waals surface area (Å²) in [4.78, 5) is 11.6. The van der Waals surface area contributed by atoms with E-state index in [1.165, 1.54) is 0 Å². The third kappa shape index (κ3) is 6.80. The van der Waals surface area contributed by atoms with E-state index in [-0.39, 0.29) is 11.3 Å². The maximum atomic E-state index is 11.6. The Balaban J connectivity index is 4.07. The molecule has 0 radical (unpaired) electrons. The lowest BCUT2D eigenvalue weighted by Crippen LogP contribution is -2.45. The Morgan fingerprint density at radius 2 is 1.75 bits per heavy atom. The molecule has 1 amide bonds. The van der Waals surface area contributed by atoms with E-state index in [9.17, 15) is 4.79 Å². The fourth-order valence-electron chi connectivity index (χ4n) is 1.32. The van der Waals surface area contributed by atoms with Crippen molar-refractivity contribution in [2.45, 2.75) is 39.7 Å². The van der Waals surface area contributed by atoms with Gasteiger partial charge < -0.3 is 14.8 Å². The van der Waals surface area contributed by atoms with Gasteiger partial charge in [-0.05, 0) is 12.3 Å². The van der Waals surface area contributed by atoms with E-state index in [2.05, 4.69) is 5.32 Å². The van der Waals surface area contributed by atoms with Gasteiger partial charge in [-0.1, -0.05) is 20.8 Å². The number of methoxy groups -OCH3 is 2. The Morgan fingerprint density at radius 3 is 2.12 bits per heavy atom. The summed E-state index contributed by atoms with van der Waals surface area (Å²) in [7, 11) is 3.24. The molecule has 96 valence electrons. The SMILES string of the molecule is COCC(C)(CNC(=O)CC(C)(C)C)OC. The van der Waals surface area contributed by atoms with Crippen molar-refractivity contribution in [3.05, 3.63) is 0 Å². The van der Waals surface area contributed by atoms with Gasteiger partial charge in [0.25, 0.3) is 0 Å². The fraction of sp³-hybridized carbons (Fsp3) is 0.917. The lowest BCUT2D eigenvalue weighted by molar-refractivity contribution is -0.125. The molecular formula is C12H25NO3. The van der Waals surface area contributed by atoms with Crippen molar-refractivity contribution in [2.24, 2.45) is 5.41 Å². The van der Waals surface area contributed by atoms with Gasteiger partial charge >= 0.3 is 0 Å². The van der Waals surface area contributed by atoms with E-state index in [0.717, 1.165) is 0 Å². The summed E-state index contributed by atoms with van der Waals surface area (Å²) in [6, 6.07) is 0. The van der Waals surface area contributed by atoms with Gasteiger partial charge in [-0.2, -0.15) is 0 Å². The van der Waals surface area contributed by atoms with Crippen molar-refractivity contribution in [1.82, 2.24) is 5.32 Å². The minimum Gasteiger partial charge on any atom is -0.382 e. The van der Waals surface area contributed by atoms with Crippen LogP contribution in [0.1, 0.15) is 34.1 Å². The second-order valence-electron chi connectivity index (χ2n) is 5.60. The molecule has 0 saturated heterocycles. The molecule has 0 spiro atoms. The van der Waals surface area contributed by atoms with Gasteiger partial charge in [0.1, 0.15) is 5.60 Å². The number of ether oxygens (including phenoxy) is 2. The van der Waals surface area contributed by atoms with E-state index in [4.69, 9.17) is 9.47 Å². The third-order valence-electron chi connectivity index (χ3n) is 2.29. The predicted molar refractivity (Wildman–Crippen MR) is 64.4 cm³/mol. The summed E-state index contributed by atoms with van der Waals surface area (Å²) in [5, 5.41) is 2.87. The summed E-state index contributed by atoms with van der Waals surface area (Å²) in [6.45, 7) is 8.95. The van der Waals surface area contributed by atoms with Crippen LogP contribution in [0.5, 0.6) is 0 Å². The van der Waals surface area contributed by atoms with Gasteiger partial charge in [0.05, 0.1) is 6.61 Å². The van der Waals surface area contributed by atoms with Crippen molar-refractivity contribution in [1.29, 1.82) is 0 Å². The van der Waals surface area contributed by atoms with Crippen LogP contribution in [0.15, 0.2) is 0 Å². The Bertz CT molecular complexity index is 223. The molecule has 1 atom stereocenters. The molecule has 0 aromatic carbocycles. The summed E-state index contributed by atoms with van der Waals surface area (Å²) >= 11 is 0. The normalized spacial score (nSPS) is 15.6. The molecular weight excluding hydrogens is 206 g/mol. The van der Waals surface area contributed by atoms with Crippen LogP contribution in [0, 0.1) is 5.41 Å². The quantitative estimate of drug-likeness (QED) is 0.755. The molecule has 0 heterocycles. The van der Waals surface area contributed by atoms with Crippen LogP contribution >= 0.6 is 0 Å². The molecule has 1 unspecified atom stereocenters. The molecule has 0 saturated carbocycles. The topological polar surface area (TPSA) is 47.6 Å². The van der Waals surface area contributed by atoms with Crippen LogP contribution in [-0.2, 0) is 14.3 Å². The first-order valence-electron chi connectivity index (χ1n) is 5.53. The maximum absolute atomic E-state index is 11.6. The van der Waals surface area contributed by atoms with Crippen molar-refractivity contribution in [2.75, 3.05) is 27.4 Å². The molecule has 0 aromatic heterocycles. The standard InChI is InChI=1S/C12H25NO3/c1-11(2,3)7-10(14)13-8-12(4,16-6)9-15-5/h7-9H2,1-6H3,(H,13,14). The molecule has 4 heteroatoms. The Hall–Kier alpha value is -0.610. The number of carbonyl (C=O) groups is 1. The molecule has 0 aromatic rings. The van der Waals surface area contributed by atoms with Gasteiger partial charge in [-0.3, -0.25) is 4.79 Å². The smallest absolute Gasteiger partial charge is 0.220 e. The van der Waals surface area contributed by atoms with E-state index < -0.39 is 5.60 Å². The lowest BCUT2D eigenvalue weighted by atomic mass is 9.92. The number of carbonyl (C=O) groups excluding carboxylic acids is 1. The first-order valence-corrected chi connectivity index (χ1v) is 5.53. The van der Waals surface area contributed by atoms with Gasteiger partial charge in [0, 0.05) is 27.2 Å². The highest BCUT2D eigenvalue weighted by molar-refractivity contribution is 5.76. The predicted octanol–water partition coefficient (Wildman–Crippen LogP) is 1.59. The number of hydrogen-bond acceptors (Lipinski definition) is 3. The molecule has 0 aliphatic rings. The molecule has 1 N–H and O–H groups in total. The van der Waals surface area contributed by atoms with E-state index in [0.29, 0.717) is 19.6 Å². The zero-order valence-corrected chi connectivity index (χ0v) is 11.3. The second-order valence-corrected chi connectivity index (χ2v) is 5.60. The van der Waals surface area contributed by atoms with Crippen molar-refractivity contribution in [3.63, 3.8) is 0 Å². The van der Waals surface area contributed by atoms with Crippen molar-refractivity contribution < 1.29 is 14.3 Å². The Kier molecular flexibility index (Phi) is 5.97. The van der Waals surface area contributed by atoms with E-state index >= 15 is 0 Å². The zero-order chi connectivity index (χ0) is 12.8. The van der Waals surface area contributed by atoms with Crippen LogP contribution in [0.4, 0.5) is 0 Å². The van der Waals surface area contributed by atoms with Gasteiger partial charge in [-0.15, -0.1) is 0 Å². The van der Waals surface area contributed by atoms with Crippen LogP contribution in [-0.4, -0.2) is 38.9 Å². The lowest BCUT2D eigenvalue weighted by Gasteiger charge is -2.28. The van der Waals surface area contributed by atoms with Crippen LogP contribution < -0.4 is 5.32 Å². The largest absolute Gasteiger partial charge is 0.382 e. The first-order chi connectivity index (χ1) is 7.22. The number of nitrogens with one attached hydrogen (secondary N) is 1.